The van der Waals surface area contributed by atoms with Gasteiger partial charge in [-0.3, -0.25) is 10.1 Å². The molecule has 0 radical (unpaired) electrons. The molecule has 0 fully saturated rings. The normalized spacial score (nSPS) is 10.6. The maximum absolute atomic E-state index is 11.8. The van der Waals surface area contributed by atoms with Crippen LogP contribution in [0.3, 0.4) is 0 Å². The van der Waals surface area contributed by atoms with Gasteiger partial charge in [-0.15, -0.1) is 0 Å². The molecule has 0 saturated carbocycles. The molecule has 0 aliphatic rings. The van der Waals surface area contributed by atoms with Crippen molar-refractivity contribution in [2.24, 2.45) is 0 Å². The van der Waals surface area contributed by atoms with E-state index in [1.165, 1.54) is 12.3 Å². The van der Waals surface area contributed by atoms with Gasteiger partial charge in [-0.05, 0) is 32.1 Å². The Hall–Kier alpha value is -2.94. The van der Waals surface area contributed by atoms with Gasteiger partial charge in [-0.1, -0.05) is 11.3 Å². The second-order valence-corrected chi connectivity index (χ2v) is 5.66. The SMILES string of the molecule is CCOC(=O)c1sc(NC(=O)COC(=O)/C=C/c2ccco2)nc1C. The molecule has 0 aliphatic heterocycles. The number of aryl methyl sites for hydroxylation is 1. The number of esters is 2. The predicted molar refractivity (Wildman–Crippen MR) is 90.1 cm³/mol. The van der Waals surface area contributed by atoms with E-state index in [1.54, 1.807) is 26.0 Å². The molecule has 8 nitrogen and oxygen atoms in total. The Morgan fingerprint density at radius 1 is 1.36 bits per heavy atom. The van der Waals surface area contributed by atoms with E-state index in [9.17, 15) is 14.4 Å². The Morgan fingerprint density at radius 2 is 2.16 bits per heavy atom. The second-order valence-electron chi connectivity index (χ2n) is 4.66. The first kappa shape index (κ1) is 18.4. The number of rotatable bonds is 7. The zero-order valence-corrected chi connectivity index (χ0v) is 14.4. The van der Waals surface area contributed by atoms with E-state index in [0.29, 0.717) is 16.3 Å². The van der Waals surface area contributed by atoms with Gasteiger partial charge in [0, 0.05) is 6.08 Å². The summed E-state index contributed by atoms with van der Waals surface area (Å²) in [5.41, 5.74) is 0.456. The first-order valence-corrected chi connectivity index (χ1v) is 8.14. The highest BCUT2D eigenvalue weighted by Gasteiger charge is 2.17. The van der Waals surface area contributed by atoms with Gasteiger partial charge in [0.15, 0.2) is 11.7 Å². The Bertz CT molecular complexity index is 779. The van der Waals surface area contributed by atoms with Crippen molar-refractivity contribution in [3.8, 4) is 0 Å². The number of aromatic nitrogens is 1. The maximum atomic E-state index is 11.8. The molecule has 2 rings (SSSR count). The third kappa shape index (κ3) is 5.57. The average molecular weight is 364 g/mol. The molecule has 0 atom stereocenters. The first-order chi connectivity index (χ1) is 12.0. The van der Waals surface area contributed by atoms with Crippen LogP contribution in [0.5, 0.6) is 0 Å². The smallest absolute Gasteiger partial charge is 0.350 e. The van der Waals surface area contributed by atoms with E-state index in [0.717, 1.165) is 17.4 Å². The summed E-state index contributed by atoms with van der Waals surface area (Å²) >= 11 is 0.994. The Labute approximate surface area is 147 Å². The van der Waals surface area contributed by atoms with Gasteiger partial charge in [0.05, 0.1) is 18.6 Å². The standard InChI is InChI=1S/C16H16N2O6S/c1-3-22-15(21)14-10(2)17-16(25-14)18-12(19)9-24-13(20)7-6-11-5-4-8-23-11/h4-8H,3,9H2,1-2H3,(H,17,18,19)/b7-6+. The van der Waals surface area contributed by atoms with Gasteiger partial charge in [-0.2, -0.15) is 0 Å². The molecular formula is C16H16N2O6S. The lowest BCUT2D eigenvalue weighted by Gasteiger charge is -2.01. The molecule has 2 heterocycles. The lowest BCUT2D eigenvalue weighted by Crippen LogP contribution is -2.20. The average Bonchev–Trinajstić information content (AvgIpc) is 3.21. The number of carbonyl (C=O) groups is 3. The molecule has 25 heavy (non-hydrogen) atoms. The number of anilines is 1. The van der Waals surface area contributed by atoms with Gasteiger partial charge in [0.2, 0.25) is 0 Å². The van der Waals surface area contributed by atoms with Gasteiger partial charge in [-0.25, -0.2) is 14.6 Å². The predicted octanol–water partition coefficient (Wildman–Crippen LogP) is 2.42. The van der Waals surface area contributed by atoms with Crippen molar-refractivity contribution in [1.82, 2.24) is 4.98 Å². The monoisotopic (exact) mass is 364 g/mol. The zero-order chi connectivity index (χ0) is 18.2. The topological polar surface area (TPSA) is 108 Å². The van der Waals surface area contributed by atoms with Crippen LogP contribution in [-0.4, -0.2) is 36.0 Å². The molecule has 0 saturated heterocycles. The number of amides is 1. The summed E-state index contributed by atoms with van der Waals surface area (Å²) in [4.78, 5) is 39.4. The highest BCUT2D eigenvalue weighted by Crippen LogP contribution is 2.23. The van der Waals surface area contributed by atoms with E-state index < -0.39 is 24.5 Å². The van der Waals surface area contributed by atoms with Crippen molar-refractivity contribution < 1.29 is 28.3 Å². The van der Waals surface area contributed by atoms with Crippen LogP contribution < -0.4 is 5.32 Å². The Kier molecular flexibility index (Phi) is 6.47. The van der Waals surface area contributed by atoms with Crippen LogP contribution in [0.2, 0.25) is 0 Å². The Balaban J connectivity index is 1.83. The fourth-order valence-electron chi connectivity index (χ4n) is 1.71. The van der Waals surface area contributed by atoms with Crippen LogP contribution in [0.1, 0.15) is 28.0 Å². The summed E-state index contributed by atoms with van der Waals surface area (Å²) in [7, 11) is 0. The van der Waals surface area contributed by atoms with Crippen LogP contribution in [0, 0.1) is 6.92 Å². The molecular weight excluding hydrogens is 348 g/mol. The summed E-state index contributed by atoms with van der Waals surface area (Å²) < 4.78 is 14.7. The molecule has 0 aliphatic carbocycles. The quantitative estimate of drug-likeness (QED) is 0.594. The largest absolute Gasteiger partial charge is 0.465 e. The lowest BCUT2D eigenvalue weighted by atomic mass is 10.4. The van der Waals surface area contributed by atoms with Crippen LogP contribution in [0.25, 0.3) is 6.08 Å². The Morgan fingerprint density at radius 3 is 2.84 bits per heavy atom. The van der Waals surface area contributed by atoms with Crippen molar-refractivity contribution >= 4 is 40.4 Å². The lowest BCUT2D eigenvalue weighted by molar-refractivity contribution is -0.142. The number of nitrogens with one attached hydrogen (secondary N) is 1. The van der Waals surface area contributed by atoms with Crippen LogP contribution in [0.15, 0.2) is 28.9 Å². The summed E-state index contributed by atoms with van der Waals surface area (Å²) in [6.07, 6.45) is 4.05. The van der Waals surface area contributed by atoms with Crippen LogP contribution >= 0.6 is 11.3 Å². The molecule has 132 valence electrons. The summed E-state index contributed by atoms with van der Waals surface area (Å²) in [6, 6.07) is 3.35. The number of nitrogens with zero attached hydrogens (tertiary/aromatic N) is 1. The third-order valence-corrected chi connectivity index (χ3v) is 3.83. The fraction of sp³-hybridized carbons (Fsp3) is 0.250. The summed E-state index contributed by atoms with van der Waals surface area (Å²) in [5, 5.41) is 2.70. The van der Waals surface area contributed by atoms with Gasteiger partial charge in [0.25, 0.3) is 5.91 Å². The minimum absolute atomic E-state index is 0.229. The summed E-state index contributed by atoms with van der Waals surface area (Å²) in [5.74, 6) is -1.25. The van der Waals surface area contributed by atoms with Crippen LogP contribution in [-0.2, 0) is 19.1 Å². The van der Waals surface area contributed by atoms with Crippen molar-refractivity contribution in [2.45, 2.75) is 13.8 Å². The molecule has 1 N–H and O–H groups in total. The number of carbonyl (C=O) groups excluding carboxylic acids is 3. The molecule has 9 heteroatoms. The van der Waals surface area contributed by atoms with Gasteiger partial charge in [0.1, 0.15) is 10.6 Å². The third-order valence-electron chi connectivity index (χ3n) is 2.78. The van der Waals surface area contributed by atoms with E-state index in [2.05, 4.69) is 10.3 Å². The molecule has 1 amide bonds. The molecule has 0 unspecified atom stereocenters. The minimum atomic E-state index is -0.686. The molecule has 2 aromatic rings. The van der Waals surface area contributed by atoms with E-state index in [1.807, 2.05) is 0 Å². The maximum Gasteiger partial charge on any atom is 0.350 e. The fourth-order valence-corrected chi connectivity index (χ4v) is 2.59. The highest BCUT2D eigenvalue weighted by molar-refractivity contribution is 7.17. The second kappa shape index (κ2) is 8.78. The van der Waals surface area contributed by atoms with Crippen molar-refractivity contribution in [3.05, 3.63) is 40.8 Å². The van der Waals surface area contributed by atoms with E-state index in [-0.39, 0.29) is 11.7 Å². The minimum Gasteiger partial charge on any atom is -0.465 e. The molecule has 2 aromatic heterocycles. The number of thiazole rings is 1. The number of hydrogen-bond donors (Lipinski definition) is 1. The zero-order valence-electron chi connectivity index (χ0n) is 13.6. The number of hydrogen-bond acceptors (Lipinski definition) is 8. The van der Waals surface area contributed by atoms with E-state index in [4.69, 9.17) is 13.9 Å². The van der Waals surface area contributed by atoms with Crippen LogP contribution in [0.4, 0.5) is 5.13 Å². The van der Waals surface area contributed by atoms with Crippen molar-refractivity contribution in [2.75, 3.05) is 18.5 Å². The number of furan rings is 1. The van der Waals surface area contributed by atoms with Crippen molar-refractivity contribution in [1.29, 1.82) is 0 Å². The van der Waals surface area contributed by atoms with Gasteiger partial charge >= 0.3 is 11.9 Å². The first-order valence-electron chi connectivity index (χ1n) is 7.32. The molecule has 0 bridgehead atoms. The highest BCUT2D eigenvalue weighted by atomic mass is 32.1. The van der Waals surface area contributed by atoms with Gasteiger partial charge < -0.3 is 13.9 Å². The van der Waals surface area contributed by atoms with E-state index >= 15 is 0 Å². The number of ether oxygens (including phenoxy) is 2. The summed E-state index contributed by atoms with van der Waals surface area (Å²) in [6.45, 7) is 3.11. The molecule has 0 aromatic carbocycles. The molecule has 0 spiro atoms. The van der Waals surface area contributed by atoms with Crippen molar-refractivity contribution in [3.63, 3.8) is 0 Å².